The minimum absolute atomic E-state index is 0.0754. The number of carbonyl (C=O) groups is 1. The number of carbonyl (C=O) groups excluding carboxylic acids is 1. The van der Waals surface area contributed by atoms with E-state index in [-0.39, 0.29) is 11.3 Å². The third-order valence-electron chi connectivity index (χ3n) is 3.31. The highest BCUT2D eigenvalue weighted by atomic mass is 16.1. The monoisotopic (exact) mass is 283 g/mol. The maximum Gasteiger partial charge on any atom is 0.256 e. The molecule has 21 heavy (non-hydrogen) atoms. The predicted molar refractivity (Wildman–Crippen MR) is 85.2 cm³/mol. The molecule has 0 bridgehead atoms. The number of anilines is 1. The molecule has 110 valence electrons. The fourth-order valence-corrected chi connectivity index (χ4v) is 1.98. The van der Waals surface area contributed by atoms with Gasteiger partial charge in [-0.15, -0.1) is 0 Å². The van der Waals surface area contributed by atoms with Crippen molar-refractivity contribution in [2.75, 3.05) is 5.32 Å². The topological polar surface area (TPSA) is 68.0 Å². The summed E-state index contributed by atoms with van der Waals surface area (Å²) in [6, 6.07) is 11.2. The Hall–Kier alpha value is -2.20. The summed E-state index contributed by atoms with van der Waals surface area (Å²) in [5.74, 6) is 0.347. The third-order valence-corrected chi connectivity index (χ3v) is 3.31. The van der Waals surface area contributed by atoms with Crippen molar-refractivity contribution in [1.29, 1.82) is 0 Å². The molecular formula is C17H21N3O. The molecule has 1 aromatic carbocycles. The minimum atomic E-state index is -0.169. The molecule has 0 radical (unpaired) electrons. The zero-order chi connectivity index (χ0) is 15.5. The number of rotatable bonds is 3. The lowest BCUT2D eigenvalue weighted by molar-refractivity contribution is 0.102. The molecule has 1 amide bonds. The second-order valence-electron chi connectivity index (χ2n) is 6.03. The third kappa shape index (κ3) is 3.89. The van der Waals surface area contributed by atoms with Gasteiger partial charge in [0, 0.05) is 18.3 Å². The molecule has 2 rings (SSSR count). The number of nitrogens with zero attached hydrogens (tertiary/aromatic N) is 1. The van der Waals surface area contributed by atoms with Crippen LogP contribution in [0, 0.1) is 0 Å². The van der Waals surface area contributed by atoms with Gasteiger partial charge in [-0.25, -0.2) is 4.98 Å². The van der Waals surface area contributed by atoms with Crippen molar-refractivity contribution in [2.24, 2.45) is 5.73 Å². The number of hydrogen-bond acceptors (Lipinski definition) is 3. The Morgan fingerprint density at radius 2 is 1.86 bits per heavy atom. The number of nitrogens with one attached hydrogen (secondary N) is 1. The van der Waals surface area contributed by atoms with E-state index in [9.17, 15) is 4.79 Å². The maximum atomic E-state index is 12.2. The second kappa shape index (κ2) is 6.06. The maximum absolute atomic E-state index is 12.2. The molecular weight excluding hydrogens is 262 g/mol. The Morgan fingerprint density at radius 1 is 1.19 bits per heavy atom. The standard InChI is InChI=1S/C17H21N3O/c1-17(2,3)14-6-4-13(5-7-14)16(21)20-15-10-12(11-18)8-9-19-15/h4-10H,11,18H2,1-3H3,(H,19,20,21). The van der Waals surface area contributed by atoms with Crippen LogP contribution in [0.4, 0.5) is 5.82 Å². The van der Waals surface area contributed by atoms with Crippen LogP contribution in [-0.4, -0.2) is 10.9 Å². The molecule has 4 nitrogen and oxygen atoms in total. The van der Waals surface area contributed by atoms with Crippen molar-refractivity contribution in [3.8, 4) is 0 Å². The molecule has 0 spiro atoms. The number of nitrogens with two attached hydrogens (primary N) is 1. The van der Waals surface area contributed by atoms with Crippen molar-refractivity contribution < 1.29 is 4.79 Å². The molecule has 0 fully saturated rings. The highest BCUT2D eigenvalue weighted by molar-refractivity contribution is 6.03. The number of benzene rings is 1. The Bertz CT molecular complexity index is 627. The van der Waals surface area contributed by atoms with Crippen molar-refractivity contribution in [1.82, 2.24) is 4.98 Å². The highest BCUT2D eigenvalue weighted by Gasteiger charge is 2.14. The summed E-state index contributed by atoms with van der Waals surface area (Å²) >= 11 is 0. The molecule has 3 N–H and O–H groups in total. The van der Waals surface area contributed by atoms with Gasteiger partial charge in [-0.05, 0) is 40.8 Å². The Balaban J connectivity index is 2.13. The van der Waals surface area contributed by atoms with Gasteiger partial charge in [-0.3, -0.25) is 4.79 Å². The SMILES string of the molecule is CC(C)(C)c1ccc(C(=O)Nc2cc(CN)ccn2)cc1. The van der Waals surface area contributed by atoms with Crippen LogP contribution >= 0.6 is 0 Å². The summed E-state index contributed by atoms with van der Waals surface area (Å²) in [5.41, 5.74) is 8.40. The highest BCUT2D eigenvalue weighted by Crippen LogP contribution is 2.22. The van der Waals surface area contributed by atoms with E-state index in [1.165, 1.54) is 5.56 Å². The van der Waals surface area contributed by atoms with E-state index in [0.717, 1.165) is 5.56 Å². The van der Waals surface area contributed by atoms with E-state index in [4.69, 9.17) is 5.73 Å². The number of hydrogen-bond donors (Lipinski definition) is 2. The predicted octanol–water partition coefficient (Wildman–Crippen LogP) is 3.09. The molecule has 2 aromatic rings. The van der Waals surface area contributed by atoms with Gasteiger partial charge in [0.2, 0.25) is 0 Å². The van der Waals surface area contributed by atoms with Crippen molar-refractivity contribution >= 4 is 11.7 Å². The Kier molecular flexibility index (Phi) is 4.38. The van der Waals surface area contributed by atoms with Gasteiger partial charge < -0.3 is 11.1 Å². The van der Waals surface area contributed by atoms with E-state index in [1.54, 1.807) is 12.3 Å². The number of amides is 1. The minimum Gasteiger partial charge on any atom is -0.326 e. The number of aromatic nitrogens is 1. The summed E-state index contributed by atoms with van der Waals surface area (Å²) in [7, 11) is 0. The van der Waals surface area contributed by atoms with Gasteiger partial charge in [0.25, 0.3) is 5.91 Å². The molecule has 1 heterocycles. The number of pyridine rings is 1. The van der Waals surface area contributed by atoms with E-state index >= 15 is 0 Å². The summed E-state index contributed by atoms with van der Waals surface area (Å²) in [6.07, 6.45) is 1.64. The van der Waals surface area contributed by atoms with Crippen LogP contribution in [0.15, 0.2) is 42.6 Å². The van der Waals surface area contributed by atoms with Crippen molar-refractivity contribution in [2.45, 2.75) is 32.7 Å². The van der Waals surface area contributed by atoms with E-state index in [1.807, 2.05) is 30.3 Å². The molecule has 0 saturated heterocycles. The van der Waals surface area contributed by atoms with Gasteiger partial charge in [0.05, 0.1) is 0 Å². The summed E-state index contributed by atoms with van der Waals surface area (Å²) < 4.78 is 0. The average Bonchev–Trinajstić information content (AvgIpc) is 2.46. The van der Waals surface area contributed by atoms with Gasteiger partial charge in [-0.2, -0.15) is 0 Å². The second-order valence-corrected chi connectivity index (χ2v) is 6.03. The molecule has 0 atom stereocenters. The fraction of sp³-hybridized carbons (Fsp3) is 0.294. The lowest BCUT2D eigenvalue weighted by Gasteiger charge is -2.19. The smallest absolute Gasteiger partial charge is 0.256 e. The molecule has 0 aliphatic heterocycles. The molecule has 0 aliphatic carbocycles. The first kappa shape index (κ1) is 15.2. The van der Waals surface area contributed by atoms with Crippen LogP contribution in [-0.2, 0) is 12.0 Å². The zero-order valence-corrected chi connectivity index (χ0v) is 12.7. The first-order chi connectivity index (χ1) is 9.90. The van der Waals surface area contributed by atoms with Gasteiger partial charge in [0.1, 0.15) is 5.82 Å². The van der Waals surface area contributed by atoms with Crippen LogP contribution < -0.4 is 11.1 Å². The first-order valence-corrected chi connectivity index (χ1v) is 6.97. The zero-order valence-electron chi connectivity index (χ0n) is 12.7. The molecule has 4 heteroatoms. The van der Waals surface area contributed by atoms with Crippen LogP contribution in [0.5, 0.6) is 0 Å². The molecule has 1 aromatic heterocycles. The largest absolute Gasteiger partial charge is 0.326 e. The van der Waals surface area contributed by atoms with E-state index in [2.05, 4.69) is 31.1 Å². The van der Waals surface area contributed by atoms with Crippen molar-refractivity contribution in [3.05, 3.63) is 59.3 Å². The molecule has 0 unspecified atom stereocenters. The van der Waals surface area contributed by atoms with Crippen LogP contribution in [0.3, 0.4) is 0 Å². The van der Waals surface area contributed by atoms with Crippen LogP contribution in [0.25, 0.3) is 0 Å². The first-order valence-electron chi connectivity index (χ1n) is 6.97. The summed E-state index contributed by atoms with van der Waals surface area (Å²) in [6.45, 7) is 6.85. The van der Waals surface area contributed by atoms with Gasteiger partial charge in [0.15, 0.2) is 0 Å². The van der Waals surface area contributed by atoms with Crippen molar-refractivity contribution in [3.63, 3.8) is 0 Å². The van der Waals surface area contributed by atoms with Crippen LogP contribution in [0.1, 0.15) is 42.3 Å². The van der Waals surface area contributed by atoms with Gasteiger partial charge in [-0.1, -0.05) is 32.9 Å². The summed E-state index contributed by atoms with van der Waals surface area (Å²) in [5, 5.41) is 2.79. The normalized spacial score (nSPS) is 11.2. The fourth-order valence-electron chi connectivity index (χ4n) is 1.98. The van der Waals surface area contributed by atoms with Crippen LogP contribution in [0.2, 0.25) is 0 Å². The lowest BCUT2D eigenvalue weighted by Crippen LogP contribution is -2.15. The quantitative estimate of drug-likeness (QED) is 0.909. The lowest BCUT2D eigenvalue weighted by atomic mass is 9.87. The van der Waals surface area contributed by atoms with E-state index in [0.29, 0.717) is 17.9 Å². The molecule has 0 saturated carbocycles. The summed E-state index contributed by atoms with van der Waals surface area (Å²) in [4.78, 5) is 16.3. The Morgan fingerprint density at radius 3 is 2.43 bits per heavy atom. The van der Waals surface area contributed by atoms with Gasteiger partial charge >= 0.3 is 0 Å². The van der Waals surface area contributed by atoms with E-state index < -0.39 is 0 Å². The molecule has 0 aliphatic rings. The Labute approximate surface area is 125 Å². The average molecular weight is 283 g/mol.